The molecule has 1 spiro atoms. The molecule has 1 N–H and O–H groups in total. The molecule has 1 fully saturated rings. The van der Waals surface area contributed by atoms with Crippen molar-refractivity contribution < 1.29 is 32.6 Å². The molecule has 2 heterocycles. The first-order valence-corrected chi connectivity index (χ1v) is 7.40. The summed E-state index contributed by atoms with van der Waals surface area (Å²) in [4.78, 5) is 17.3. The van der Waals surface area contributed by atoms with Crippen LogP contribution in [-0.4, -0.2) is 41.9 Å². The molecule has 2 aliphatic heterocycles. The number of alkyl halides is 3. The molecule has 1 aromatic rings. The van der Waals surface area contributed by atoms with Gasteiger partial charge in [0.05, 0.1) is 12.7 Å². The van der Waals surface area contributed by atoms with Gasteiger partial charge in [0.25, 0.3) is 0 Å². The van der Waals surface area contributed by atoms with Crippen LogP contribution in [0.1, 0.15) is 24.0 Å². The maximum Gasteiger partial charge on any atom is 0.416 e. The Labute approximate surface area is 136 Å². The predicted octanol–water partition coefficient (Wildman–Crippen LogP) is 2.93. The number of nitrogens with zero attached hydrogens (tertiary/aromatic N) is 1. The number of ether oxygens (including phenoxy) is 1. The highest BCUT2D eigenvalue weighted by atomic mass is 19.4. The number of hydrogen-bond acceptors (Lipinski definition) is 5. The minimum absolute atomic E-state index is 0.00151. The highest BCUT2D eigenvalue weighted by molar-refractivity contribution is 6.19. The summed E-state index contributed by atoms with van der Waals surface area (Å²) in [5.74, 6) is -1.11. The quantitative estimate of drug-likeness (QED) is 0.837. The van der Waals surface area contributed by atoms with Crippen molar-refractivity contribution in [2.75, 3.05) is 20.2 Å². The Hall–Kier alpha value is -2.06. The number of aliphatic hydroxyl groups excluding tert-OH is 1. The molecule has 0 atom stereocenters. The Morgan fingerprint density at radius 3 is 2.54 bits per heavy atom. The zero-order valence-corrected chi connectivity index (χ0v) is 12.9. The largest absolute Gasteiger partial charge is 0.507 e. The summed E-state index contributed by atoms with van der Waals surface area (Å²) in [6.07, 6.45) is -3.92. The number of esters is 1. The monoisotopic (exact) mass is 343 g/mol. The van der Waals surface area contributed by atoms with Crippen LogP contribution in [0.5, 0.6) is 0 Å². The van der Waals surface area contributed by atoms with Crippen molar-refractivity contribution in [1.82, 2.24) is 5.06 Å². The van der Waals surface area contributed by atoms with Crippen LogP contribution >= 0.6 is 0 Å². The number of halogens is 3. The fourth-order valence-corrected chi connectivity index (χ4v) is 3.08. The van der Waals surface area contributed by atoms with Crippen LogP contribution in [0.3, 0.4) is 0 Å². The number of rotatable bonds is 2. The molecule has 0 saturated carbocycles. The van der Waals surface area contributed by atoms with Crippen molar-refractivity contribution in [3.8, 4) is 0 Å². The van der Waals surface area contributed by atoms with Crippen LogP contribution in [0.4, 0.5) is 13.2 Å². The molecular formula is C16H16F3NO4. The number of carbonyl (C=O) groups is 1. The van der Waals surface area contributed by atoms with E-state index in [0.29, 0.717) is 25.9 Å². The Morgan fingerprint density at radius 2 is 1.96 bits per heavy atom. The van der Waals surface area contributed by atoms with E-state index in [0.717, 1.165) is 12.1 Å². The first-order chi connectivity index (χ1) is 11.3. The Bertz CT molecular complexity index is 691. The SMILES string of the molecule is CON1CCC2(CC1)OC(=O)C(c1cccc(C(F)(F)F)c1)=C2O. The summed E-state index contributed by atoms with van der Waals surface area (Å²) in [5, 5.41) is 12.2. The molecule has 0 unspecified atom stereocenters. The van der Waals surface area contributed by atoms with Crippen molar-refractivity contribution in [3.63, 3.8) is 0 Å². The predicted molar refractivity (Wildman–Crippen MR) is 77.6 cm³/mol. The molecule has 1 saturated heterocycles. The molecule has 0 aliphatic carbocycles. The Morgan fingerprint density at radius 1 is 1.29 bits per heavy atom. The Kier molecular flexibility index (Phi) is 4.05. The van der Waals surface area contributed by atoms with E-state index in [2.05, 4.69) is 0 Å². The molecule has 1 aromatic carbocycles. The molecule has 0 radical (unpaired) electrons. The van der Waals surface area contributed by atoms with Gasteiger partial charge in [-0.2, -0.15) is 18.2 Å². The molecule has 5 nitrogen and oxygen atoms in total. The van der Waals surface area contributed by atoms with Crippen molar-refractivity contribution in [1.29, 1.82) is 0 Å². The third kappa shape index (κ3) is 2.76. The van der Waals surface area contributed by atoms with Gasteiger partial charge in [-0.05, 0) is 17.7 Å². The molecule has 0 bridgehead atoms. The van der Waals surface area contributed by atoms with Gasteiger partial charge >= 0.3 is 12.1 Å². The van der Waals surface area contributed by atoms with Crippen LogP contribution in [0.25, 0.3) is 5.57 Å². The number of piperidine rings is 1. The van der Waals surface area contributed by atoms with Gasteiger partial charge in [0.15, 0.2) is 11.4 Å². The van der Waals surface area contributed by atoms with E-state index in [9.17, 15) is 23.1 Å². The third-order valence-corrected chi connectivity index (χ3v) is 4.43. The molecular weight excluding hydrogens is 327 g/mol. The second-order valence-corrected chi connectivity index (χ2v) is 5.80. The topological polar surface area (TPSA) is 59.0 Å². The van der Waals surface area contributed by atoms with E-state index in [-0.39, 0.29) is 16.9 Å². The lowest BCUT2D eigenvalue weighted by molar-refractivity contribution is -0.182. The summed E-state index contributed by atoms with van der Waals surface area (Å²) in [7, 11) is 1.52. The highest BCUT2D eigenvalue weighted by Crippen LogP contribution is 2.43. The second kappa shape index (κ2) is 5.78. The maximum atomic E-state index is 12.9. The van der Waals surface area contributed by atoms with Crippen molar-refractivity contribution in [3.05, 3.63) is 41.2 Å². The normalized spacial score (nSPS) is 21.4. The van der Waals surface area contributed by atoms with Gasteiger partial charge in [-0.25, -0.2) is 4.79 Å². The number of benzene rings is 1. The van der Waals surface area contributed by atoms with Crippen LogP contribution < -0.4 is 0 Å². The van der Waals surface area contributed by atoms with E-state index in [1.807, 2.05) is 0 Å². The summed E-state index contributed by atoms with van der Waals surface area (Å²) in [5.41, 5.74) is -2.27. The van der Waals surface area contributed by atoms with Gasteiger partial charge in [-0.1, -0.05) is 12.1 Å². The fraction of sp³-hybridized carbons (Fsp3) is 0.438. The number of hydrogen-bond donors (Lipinski definition) is 1. The van der Waals surface area contributed by atoms with Crippen LogP contribution in [-0.2, 0) is 20.5 Å². The molecule has 3 rings (SSSR count). The average Bonchev–Trinajstić information content (AvgIpc) is 2.78. The van der Waals surface area contributed by atoms with Gasteiger partial charge < -0.3 is 14.7 Å². The lowest BCUT2D eigenvalue weighted by atomic mass is 9.88. The molecule has 8 heteroatoms. The number of hydroxylamine groups is 2. The minimum atomic E-state index is -4.53. The van der Waals surface area contributed by atoms with Crippen molar-refractivity contribution in [2.24, 2.45) is 0 Å². The van der Waals surface area contributed by atoms with Gasteiger partial charge in [-0.15, -0.1) is 0 Å². The first-order valence-electron chi connectivity index (χ1n) is 7.40. The molecule has 0 amide bonds. The van der Waals surface area contributed by atoms with Crippen LogP contribution in [0.15, 0.2) is 30.0 Å². The van der Waals surface area contributed by atoms with Crippen molar-refractivity contribution >= 4 is 11.5 Å². The van der Waals surface area contributed by atoms with Crippen molar-refractivity contribution in [2.45, 2.75) is 24.6 Å². The molecule has 130 valence electrons. The molecule has 0 aromatic heterocycles. The lowest BCUT2D eigenvalue weighted by Crippen LogP contribution is -2.45. The molecule has 24 heavy (non-hydrogen) atoms. The average molecular weight is 343 g/mol. The van der Waals surface area contributed by atoms with Crippen LogP contribution in [0, 0.1) is 0 Å². The number of aliphatic hydroxyl groups is 1. The minimum Gasteiger partial charge on any atom is -0.507 e. The van der Waals surface area contributed by atoms with Crippen LogP contribution in [0.2, 0.25) is 0 Å². The van der Waals surface area contributed by atoms with E-state index < -0.39 is 23.3 Å². The maximum absolute atomic E-state index is 12.9. The lowest BCUT2D eigenvalue weighted by Gasteiger charge is -2.36. The summed E-state index contributed by atoms with van der Waals surface area (Å²) >= 11 is 0. The zero-order chi connectivity index (χ0) is 17.5. The number of carbonyl (C=O) groups excluding carboxylic acids is 1. The van der Waals surface area contributed by atoms with Gasteiger partial charge in [-0.3, -0.25) is 0 Å². The summed E-state index contributed by atoms with van der Waals surface area (Å²) in [6.45, 7) is 0.868. The van der Waals surface area contributed by atoms with Gasteiger partial charge in [0.2, 0.25) is 0 Å². The fourth-order valence-electron chi connectivity index (χ4n) is 3.08. The second-order valence-electron chi connectivity index (χ2n) is 5.80. The van der Waals surface area contributed by atoms with Gasteiger partial charge in [0, 0.05) is 25.9 Å². The standard InChI is InChI=1S/C16H16F3NO4/c1-23-20-7-5-15(6-8-20)13(21)12(14(22)24-15)10-3-2-4-11(9-10)16(17,18)19/h2-4,9,21H,5-8H2,1H3. The van der Waals surface area contributed by atoms with E-state index in [1.165, 1.54) is 19.2 Å². The molecule has 2 aliphatic rings. The summed E-state index contributed by atoms with van der Waals surface area (Å²) in [6, 6.07) is 4.31. The van der Waals surface area contributed by atoms with E-state index in [1.54, 1.807) is 5.06 Å². The third-order valence-electron chi connectivity index (χ3n) is 4.43. The summed E-state index contributed by atoms with van der Waals surface area (Å²) < 4.78 is 44.0. The Balaban J connectivity index is 1.97. The van der Waals surface area contributed by atoms with E-state index in [4.69, 9.17) is 9.57 Å². The smallest absolute Gasteiger partial charge is 0.416 e. The first kappa shape index (κ1) is 16.8. The highest BCUT2D eigenvalue weighted by Gasteiger charge is 2.50. The van der Waals surface area contributed by atoms with Gasteiger partial charge in [0.1, 0.15) is 5.57 Å². The van der Waals surface area contributed by atoms with E-state index >= 15 is 0 Å². The zero-order valence-electron chi connectivity index (χ0n) is 12.9.